The van der Waals surface area contributed by atoms with Gasteiger partial charge >= 0.3 is 17.9 Å². The maximum atomic E-state index is 13.7. The van der Waals surface area contributed by atoms with Crippen molar-refractivity contribution < 1.29 is 38.8 Å². The van der Waals surface area contributed by atoms with Crippen LogP contribution in [-0.4, -0.2) is 83.2 Å². The Balaban J connectivity index is 1.77. The molecule has 1 aliphatic carbocycles. The van der Waals surface area contributed by atoms with E-state index < -0.39 is 35.5 Å². The number of aromatic nitrogens is 2. The van der Waals surface area contributed by atoms with Crippen LogP contribution in [-0.2, 0) is 35.0 Å². The number of carboxylic acid groups (broad SMARTS) is 1. The SMILES string of the molecule is C=Cc1c[nH]c(C=C2N=C(C=c3[nH]c(=CC4=NC(C=C)C(C)C4CCC(=O)O)c(CC(O)OC)c3C)[C@@]3(C)C2=CC=C(C(=O)OC)[C@H]3C(=O)OC)c1C. The number of allylic oxidation sites excluding steroid dienone is 3. The standard InChI is InChI=1S/C41H48N4O8/c1-10-24-20-42-30(21(24)3)17-34-28-14-12-26(39(49)52-8)38(40(50)53-9)41(28,6)35(45-34)19-31-23(5)27(16-37(48)51-7)33(44-31)18-32-25(13-15-36(46)47)22(4)29(11-2)43-32/h10-12,14,17-20,22,25,29,37-38,42,44,48H,1-2,13,15-16H2,3-9H3,(H,46,47)/t22?,25?,29?,37?,38-,41+/m0/s1. The van der Waals surface area contributed by atoms with Crippen molar-refractivity contribution in [1.82, 2.24) is 9.97 Å². The number of aliphatic hydroxyl groups is 1. The van der Waals surface area contributed by atoms with E-state index in [2.05, 4.69) is 23.1 Å². The van der Waals surface area contributed by atoms with Crippen molar-refractivity contribution in [3.05, 3.63) is 93.1 Å². The summed E-state index contributed by atoms with van der Waals surface area (Å²) in [5, 5.41) is 21.4. The number of esters is 2. The molecular formula is C41H48N4O8. The molecule has 12 heteroatoms. The maximum Gasteiger partial charge on any atom is 0.334 e. The van der Waals surface area contributed by atoms with E-state index in [1.807, 2.05) is 52.1 Å². The molecule has 4 unspecified atom stereocenters. The van der Waals surface area contributed by atoms with Crippen molar-refractivity contribution in [2.24, 2.45) is 33.2 Å². The molecule has 4 N–H and O–H groups in total. The van der Waals surface area contributed by atoms with Gasteiger partial charge < -0.3 is 34.4 Å². The van der Waals surface area contributed by atoms with Gasteiger partial charge in [-0.05, 0) is 79.2 Å². The van der Waals surface area contributed by atoms with Crippen molar-refractivity contribution in [1.29, 1.82) is 0 Å². The second-order valence-electron chi connectivity index (χ2n) is 13.8. The molecule has 53 heavy (non-hydrogen) atoms. The number of carboxylic acids is 1. The molecule has 3 aliphatic rings. The number of hydrogen-bond donors (Lipinski definition) is 4. The molecule has 12 nitrogen and oxygen atoms in total. The summed E-state index contributed by atoms with van der Waals surface area (Å²) in [5.74, 6) is -3.34. The molecule has 280 valence electrons. The highest BCUT2D eigenvalue weighted by atomic mass is 16.6. The number of nitrogens with zero attached hydrogens (tertiary/aromatic N) is 2. The second kappa shape index (κ2) is 15.7. The first kappa shape index (κ1) is 38.9. The quantitative estimate of drug-likeness (QED) is 0.136. The smallest absolute Gasteiger partial charge is 0.334 e. The Bertz CT molecular complexity index is 2130. The highest BCUT2D eigenvalue weighted by Gasteiger charge is 2.54. The zero-order valence-corrected chi connectivity index (χ0v) is 31.3. The fourth-order valence-corrected chi connectivity index (χ4v) is 7.70. The molecule has 0 saturated carbocycles. The van der Waals surface area contributed by atoms with Crippen LogP contribution >= 0.6 is 0 Å². The molecule has 0 fully saturated rings. The van der Waals surface area contributed by atoms with Crippen LogP contribution in [0.2, 0.25) is 0 Å². The fraction of sp³-hybridized carbons (Fsp3) is 0.390. The lowest BCUT2D eigenvalue weighted by atomic mass is 9.63. The number of aromatic amines is 2. The molecule has 2 aromatic rings. The van der Waals surface area contributed by atoms with Gasteiger partial charge in [0.1, 0.15) is 5.92 Å². The van der Waals surface area contributed by atoms with Crippen LogP contribution in [0.3, 0.4) is 0 Å². The average molecular weight is 725 g/mol. The van der Waals surface area contributed by atoms with E-state index in [0.29, 0.717) is 34.1 Å². The number of ether oxygens (including phenoxy) is 3. The van der Waals surface area contributed by atoms with Gasteiger partial charge in [-0.25, -0.2) is 4.79 Å². The van der Waals surface area contributed by atoms with Gasteiger partial charge in [-0.1, -0.05) is 37.8 Å². The van der Waals surface area contributed by atoms with Crippen LogP contribution in [0, 0.1) is 37.0 Å². The minimum absolute atomic E-state index is 0.00581. The lowest BCUT2D eigenvalue weighted by molar-refractivity contribution is -0.149. The monoisotopic (exact) mass is 724 g/mol. The number of fused-ring (bicyclic) bond motifs is 1. The van der Waals surface area contributed by atoms with Gasteiger partial charge in [0.05, 0.1) is 42.7 Å². The summed E-state index contributed by atoms with van der Waals surface area (Å²) in [6.07, 6.45) is 13.9. The molecule has 5 rings (SSSR count). The van der Waals surface area contributed by atoms with Gasteiger partial charge in [0.2, 0.25) is 0 Å². The third-order valence-corrected chi connectivity index (χ3v) is 10.9. The normalized spacial score (nSPS) is 25.7. The number of carbonyl (C=O) groups excluding carboxylic acids is 2. The topological polar surface area (TPSA) is 176 Å². The molecule has 0 spiro atoms. The highest BCUT2D eigenvalue weighted by molar-refractivity contribution is 6.21. The fourth-order valence-electron chi connectivity index (χ4n) is 7.70. The molecule has 0 aromatic carbocycles. The van der Waals surface area contributed by atoms with Gasteiger partial charge in [0, 0.05) is 54.2 Å². The summed E-state index contributed by atoms with van der Waals surface area (Å²) in [7, 11) is 3.97. The van der Waals surface area contributed by atoms with Gasteiger partial charge in [-0.2, -0.15) is 0 Å². The van der Waals surface area contributed by atoms with E-state index in [0.717, 1.165) is 33.7 Å². The molecule has 0 saturated heterocycles. The molecule has 0 radical (unpaired) electrons. The molecule has 0 amide bonds. The molecule has 4 heterocycles. The lowest BCUT2D eigenvalue weighted by Crippen LogP contribution is -2.44. The summed E-state index contributed by atoms with van der Waals surface area (Å²) in [6.45, 7) is 15.6. The van der Waals surface area contributed by atoms with Crippen LogP contribution in [0.1, 0.15) is 54.6 Å². The summed E-state index contributed by atoms with van der Waals surface area (Å²) in [4.78, 5) is 55.1. The predicted molar refractivity (Wildman–Crippen MR) is 204 cm³/mol. The molecule has 6 atom stereocenters. The third kappa shape index (κ3) is 7.21. The third-order valence-electron chi connectivity index (χ3n) is 10.9. The molecule has 2 aliphatic heterocycles. The van der Waals surface area contributed by atoms with Crippen molar-refractivity contribution in [2.75, 3.05) is 21.3 Å². The average Bonchev–Trinajstić information content (AvgIpc) is 3.83. The minimum Gasteiger partial charge on any atom is -0.481 e. The number of rotatable bonds is 13. The van der Waals surface area contributed by atoms with E-state index in [9.17, 15) is 24.6 Å². The van der Waals surface area contributed by atoms with Crippen molar-refractivity contribution >= 4 is 53.6 Å². The van der Waals surface area contributed by atoms with Crippen LogP contribution in [0.5, 0.6) is 0 Å². The van der Waals surface area contributed by atoms with Crippen molar-refractivity contribution in [2.45, 2.75) is 59.3 Å². The second-order valence-corrected chi connectivity index (χ2v) is 13.8. The summed E-state index contributed by atoms with van der Waals surface area (Å²) in [5.41, 5.74) is 5.76. The molecule has 2 aromatic heterocycles. The Morgan fingerprint density at radius 2 is 1.79 bits per heavy atom. The van der Waals surface area contributed by atoms with Crippen LogP contribution in [0.4, 0.5) is 0 Å². The van der Waals surface area contributed by atoms with Crippen LogP contribution in [0.15, 0.2) is 64.4 Å². The molecule has 0 bridgehead atoms. The van der Waals surface area contributed by atoms with E-state index in [1.165, 1.54) is 21.3 Å². The highest BCUT2D eigenvalue weighted by Crippen LogP contribution is 2.52. The Labute approximate surface area is 308 Å². The number of aliphatic carboxylic acids is 1. The Hall–Kier alpha value is -5.33. The minimum atomic E-state index is -1.17. The Kier molecular flexibility index (Phi) is 11.5. The van der Waals surface area contributed by atoms with E-state index in [1.54, 1.807) is 24.3 Å². The summed E-state index contributed by atoms with van der Waals surface area (Å²) < 4.78 is 15.6. The number of aliphatic hydroxyl groups excluding tert-OH is 1. The summed E-state index contributed by atoms with van der Waals surface area (Å²) >= 11 is 0. The van der Waals surface area contributed by atoms with E-state index in [4.69, 9.17) is 24.2 Å². The van der Waals surface area contributed by atoms with E-state index in [-0.39, 0.29) is 36.3 Å². The first-order valence-corrected chi connectivity index (χ1v) is 17.5. The van der Waals surface area contributed by atoms with Gasteiger partial charge in [-0.15, -0.1) is 6.58 Å². The van der Waals surface area contributed by atoms with Crippen molar-refractivity contribution in [3.8, 4) is 0 Å². The number of hydrogen-bond acceptors (Lipinski definition) is 9. The maximum absolute atomic E-state index is 13.7. The van der Waals surface area contributed by atoms with Gasteiger partial charge in [-0.3, -0.25) is 19.6 Å². The number of aliphatic imine (C=N–C) groups is 2. The largest absolute Gasteiger partial charge is 0.481 e. The first-order valence-electron chi connectivity index (χ1n) is 17.5. The summed E-state index contributed by atoms with van der Waals surface area (Å²) in [6, 6.07) is -0.178. The Morgan fingerprint density at radius 1 is 1.06 bits per heavy atom. The van der Waals surface area contributed by atoms with E-state index >= 15 is 0 Å². The number of carbonyl (C=O) groups is 3. The Morgan fingerprint density at radius 3 is 2.40 bits per heavy atom. The number of H-pyrrole nitrogens is 2. The molecular weight excluding hydrogens is 676 g/mol. The van der Waals surface area contributed by atoms with Gasteiger partial charge in [0.25, 0.3) is 0 Å². The zero-order chi connectivity index (χ0) is 38.8. The van der Waals surface area contributed by atoms with Crippen molar-refractivity contribution in [3.63, 3.8) is 0 Å². The predicted octanol–water partition coefficient (Wildman–Crippen LogP) is 4.13. The number of nitrogens with one attached hydrogen (secondary N) is 2. The number of methoxy groups -OCH3 is 3. The first-order chi connectivity index (χ1) is 25.2. The van der Waals surface area contributed by atoms with Crippen LogP contribution < -0.4 is 10.7 Å². The van der Waals surface area contributed by atoms with Gasteiger partial charge in [0.15, 0.2) is 6.29 Å². The zero-order valence-electron chi connectivity index (χ0n) is 31.3. The van der Waals surface area contributed by atoms with Crippen LogP contribution in [0.25, 0.3) is 24.3 Å². The lowest BCUT2D eigenvalue weighted by Gasteiger charge is -2.37.